The van der Waals surface area contributed by atoms with E-state index in [1.807, 2.05) is 6.92 Å². The second-order valence-electron chi connectivity index (χ2n) is 3.43. The molecule has 1 atom stereocenters. The van der Waals surface area contributed by atoms with E-state index >= 15 is 0 Å². The number of hydrogen-bond donors (Lipinski definition) is 1. The van der Waals surface area contributed by atoms with Crippen LogP contribution < -0.4 is 5.73 Å². The molecule has 0 radical (unpaired) electrons. The lowest BCUT2D eigenvalue weighted by molar-refractivity contribution is 0.580. The summed E-state index contributed by atoms with van der Waals surface area (Å²) in [4.78, 5) is 0. The molecule has 0 fully saturated rings. The fraction of sp³-hybridized carbons (Fsp3) is 0.273. The van der Waals surface area contributed by atoms with Gasteiger partial charge in [-0.25, -0.2) is 4.39 Å². The van der Waals surface area contributed by atoms with Crippen LogP contribution in [0.5, 0.6) is 0 Å². The molecule has 0 unspecified atom stereocenters. The summed E-state index contributed by atoms with van der Waals surface area (Å²) in [6.07, 6.45) is 0.582. The molecule has 0 bridgehead atoms. The standard InChI is InChI=1S/C11H13ClFN.ClH/c1-7(2)5-11(14)9-4-3-8(12)6-10(9)13;/h3-4,6,11H,1,5,14H2,2H3;1H/t11-;/m0./s1. The van der Waals surface area contributed by atoms with E-state index < -0.39 is 0 Å². The van der Waals surface area contributed by atoms with E-state index in [9.17, 15) is 4.39 Å². The smallest absolute Gasteiger partial charge is 0.129 e. The zero-order valence-electron chi connectivity index (χ0n) is 8.47. The average Bonchev–Trinajstić information content (AvgIpc) is 2.01. The maximum absolute atomic E-state index is 13.4. The van der Waals surface area contributed by atoms with Gasteiger partial charge in [-0.15, -0.1) is 19.0 Å². The fourth-order valence-electron chi connectivity index (χ4n) is 1.29. The van der Waals surface area contributed by atoms with E-state index in [1.165, 1.54) is 6.07 Å². The molecular weight excluding hydrogens is 236 g/mol. The Hall–Kier alpha value is -0.570. The quantitative estimate of drug-likeness (QED) is 0.809. The van der Waals surface area contributed by atoms with Crippen LogP contribution in [0, 0.1) is 5.82 Å². The van der Waals surface area contributed by atoms with Gasteiger partial charge in [-0.3, -0.25) is 0 Å². The molecule has 0 aliphatic heterocycles. The Morgan fingerprint density at radius 3 is 2.67 bits per heavy atom. The van der Waals surface area contributed by atoms with Crippen LogP contribution in [0.2, 0.25) is 5.02 Å². The third-order valence-corrected chi connectivity index (χ3v) is 2.17. The molecule has 0 amide bonds. The first-order chi connectivity index (χ1) is 6.50. The summed E-state index contributed by atoms with van der Waals surface area (Å²) < 4.78 is 13.4. The highest BCUT2D eigenvalue weighted by Gasteiger charge is 2.11. The topological polar surface area (TPSA) is 26.0 Å². The third-order valence-electron chi connectivity index (χ3n) is 1.93. The van der Waals surface area contributed by atoms with Crippen molar-refractivity contribution in [2.75, 3.05) is 0 Å². The first-order valence-corrected chi connectivity index (χ1v) is 4.73. The van der Waals surface area contributed by atoms with Gasteiger partial charge in [0, 0.05) is 16.6 Å². The molecule has 0 saturated heterocycles. The summed E-state index contributed by atoms with van der Waals surface area (Å²) in [5, 5.41) is 0.383. The van der Waals surface area contributed by atoms with Crippen LogP contribution in [0.15, 0.2) is 30.4 Å². The molecule has 15 heavy (non-hydrogen) atoms. The van der Waals surface area contributed by atoms with Crippen LogP contribution in [-0.2, 0) is 0 Å². The highest BCUT2D eigenvalue weighted by Crippen LogP contribution is 2.23. The van der Waals surface area contributed by atoms with Crippen LogP contribution >= 0.6 is 24.0 Å². The maximum atomic E-state index is 13.4. The number of benzene rings is 1. The number of halogens is 3. The zero-order valence-corrected chi connectivity index (χ0v) is 10.0. The van der Waals surface area contributed by atoms with E-state index in [4.69, 9.17) is 17.3 Å². The lowest BCUT2D eigenvalue weighted by Crippen LogP contribution is -2.12. The lowest BCUT2D eigenvalue weighted by atomic mass is 10.0. The van der Waals surface area contributed by atoms with Crippen LogP contribution in [0.1, 0.15) is 24.9 Å². The van der Waals surface area contributed by atoms with E-state index in [0.29, 0.717) is 17.0 Å². The molecule has 84 valence electrons. The third kappa shape index (κ3) is 4.20. The maximum Gasteiger partial charge on any atom is 0.129 e. The van der Waals surface area contributed by atoms with Crippen LogP contribution in [0.25, 0.3) is 0 Å². The Morgan fingerprint density at radius 1 is 1.60 bits per heavy atom. The number of nitrogens with two attached hydrogens (primary N) is 1. The summed E-state index contributed by atoms with van der Waals surface area (Å²) in [5.74, 6) is -0.355. The highest BCUT2D eigenvalue weighted by molar-refractivity contribution is 6.30. The molecule has 2 N–H and O–H groups in total. The van der Waals surface area contributed by atoms with Gasteiger partial charge in [0.25, 0.3) is 0 Å². The van der Waals surface area contributed by atoms with Gasteiger partial charge < -0.3 is 5.73 Å². The van der Waals surface area contributed by atoms with Gasteiger partial charge in [-0.05, 0) is 25.5 Å². The van der Waals surface area contributed by atoms with Gasteiger partial charge in [0.2, 0.25) is 0 Å². The van der Waals surface area contributed by atoms with Crippen molar-refractivity contribution in [2.45, 2.75) is 19.4 Å². The Balaban J connectivity index is 0.00000196. The normalized spacial score (nSPS) is 11.7. The van der Waals surface area contributed by atoms with Gasteiger partial charge in [-0.1, -0.05) is 23.2 Å². The van der Waals surface area contributed by atoms with Gasteiger partial charge in [-0.2, -0.15) is 0 Å². The van der Waals surface area contributed by atoms with Crippen LogP contribution in [0.3, 0.4) is 0 Å². The van der Waals surface area contributed by atoms with E-state index in [0.717, 1.165) is 5.57 Å². The Bertz CT molecular complexity index is 352. The minimum Gasteiger partial charge on any atom is -0.324 e. The van der Waals surface area contributed by atoms with Crippen molar-refractivity contribution in [1.29, 1.82) is 0 Å². The van der Waals surface area contributed by atoms with E-state index in [-0.39, 0.29) is 24.3 Å². The molecule has 0 heterocycles. The molecule has 4 heteroatoms. The van der Waals surface area contributed by atoms with Crippen molar-refractivity contribution in [2.24, 2.45) is 5.73 Å². The summed E-state index contributed by atoms with van der Waals surface area (Å²) in [5.41, 5.74) is 7.22. The van der Waals surface area contributed by atoms with Gasteiger partial charge >= 0.3 is 0 Å². The molecule has 1 aromatic rings. The van der Waals surface area contributed by atoms with Gasteiger partial charge in [0.1, 0.15) is 5.82 Å². The SMILES string of the molecule is C=C(C)C[C@H](N)c1ccc(Cl)cc1F.Cl. The van der Waals surface area contributed by atoms with Crippen molar-refractivity contribution in [3.63, 3.8) is 0 Å². The van der Waals surface area contributed by atoms with E-state index in [1.54, 1.807) is 12.1 Å². The predicted molar refractivity (Wildman–Crippen MR) is 65.0 cm³/mol. The van der Waals surface area contributed by atoms with Gasteiger partial charge in [0.15, 0.2) is 0 Å². The van der Waals surface area contributed by atoms with Crippen molar-refractivity contribution < 1.29 is 4.39 Å². The highest BCUT2D eigenvalue weighted by atomic mass is 35.5. The molecule has 0 spiro atoms. The summed E-state index contributed by atoms with van der Waals surface area (Å²) in [6.45, 7) is 5.61. The monoisotopic (exact) mass is 249 g/mol. The van der Waals surface area contributed by atoms with Crippen LogP contribution in [-0.4, -0.2) is 0 Å². The van der Waals surface area contributed by atoms with Gasteiger partial charge in [0.05, 0.1) is 0 Å². The average molecular weight is 250 g/mol. The van der Waals surface area contributed by atoms with E-state index in [2.05, 4.69) is 6.58 Å². The van der Waals surface area contributed by atoms with Crippen molar-refractivity contribution in [1.82, 2.24) is 0 Å². The van der Waals surface area contributed by atoms with Crippen molar-refractivity contribution in [3.8, 4) is 0 Å². The van der Waals surface area contributed by atoms with Crippen molar-refractivity contribution >= 4 is 24.0 Å². The second kappa shape index (κ2) is 6.11. The molecular formula is C11H14Cl2FN. The van der Waals surface area contributed by atoms with Crippen molar-refractivity contribution in [3.05, 3.63) is 46.8 Å². The lowest BCUT2D eigenvalue weighted by Gasteiger charge is -2.12. The zero-order chi connectivity index (χ0) is 10.7. The first-order valence-electron chi connectivity index (χ1n) is 4.35. The molecule has 0 saturated carbocycles. The summed E-state index contributed by atoms with van der Waals surface area (Å²) in [6, 6.07) is 4.18. The van der Waals surface area contributed by atoms with Crippen LogP contribution in [0.4, 0.5) is 4.39 Å². The molecule has 0 aromatic heterocycles. The number of hydrogen-bond acceptors (Lipinski definition) is 1. The minimum absolute atomic E-state index is 0. The molecule has 1 rings (SSSR count). The second-order valence-corrected chi connectivity index (χ2v) is 3.87. The Kier molecular flexibility index (Phi) is 5.88. The fourth-order valence-corrected chi connectivity index (χ4v) is 1.45. The molecule has 0 aliphatic carbocycles. The minimum atomic E-state index is -0.355. The number of rotatable bonds is 3. The first kappa shape index (κ1) is 14.4. The summed E-state index contributed by atoms with van der Waals surface area (Å²) >= 11 is 5.63. The Morgan fingerprint density at radius 2 is 2.20 bits per heavy atom. The molecule has 1 nitrogen and oxygen atoms in total. The summed E-state index contributed by atoms with van der Waals surface area (Å²) in [7, 11) is 0. The molecule has 1 aromatic carbocycles. The Labute approximate surface area is 101 Å². The molecule has 0 aliphatic rings. The predicted octanol–water partition coefficient (Wildman–Crippen LogP) is 3.87. The largest absolute Gasteiger partial charge is 0.324 e.